The van der Waals surface area contributed by atoms with Gasteiger partial charge in [-0.25, -0.2) is 4.79 Å². The molecule has 1 saturated heterocycles. The lowest BCUT2D eigenvalue weighted by Gasteiger charge is -2.39. The minimum Gasteiger partial charge on any atom is -0.311 e. The van der Waals surface area contributed by atoms with E-state index in [9.17, 15) is 9.59 Å². The van der Waals surface area contributed by atoms with Crippen molar-refractivity contribution in [1.29, 1.82) is 0 Å². The zero-order valence-electron chi connectivity index (χ0n) is 13.9. The molecule has 1 fully saturated rings. The van der Waals surface area contributed by atoms with Crippen LogP contribution >= 0.6 is 34.8 Å². The Bertz CT molecular complexity index is 859. The van der Waals surface area contributed by atoms with E-state index < -0.39 is 6.04 Å². The largest absolute Gasteiger partial charge is 0.322 e. The van der Waals surface area contributed by atoms with Crippen LogP contribution in [0.25, 0.3) is 0 Å². The van der Waals surface area contributed by atoms with Gasteiger partial charge in [0.05, 0.1) is 10.7 Å². The van der Waals surface area contributed by atoms with Gasteiger partial charge in [-0.1, -0.05) is 40.9 Å². The second-order valence-corrected chi connectivity index (χ2v) is 7.18. The number of amides is 3. The maximum absolute atomic E-state index is 12.8. The molecule has 1 aliphatic heterocycles. The SMILES string of the molecule is C[C@H]1C(=O)N(c2ccc(Cl)cc2Cl)CCN1C(=O)Nc1cccc(Cl)c1. The van der Waals surface area contributed by atoms with E-state index in [1.807, 2.05) is 0 Å². The summed E-state index contributed by atoms with van der Waals surface area (Å²) in [6.07, 6.45) is 0. The first-order valence-corrected chi connectivity index (χ1v) is 9.10. The fourth-order valence-corrected chi connectivity index (χ4v) is 3.55. The molecule has 1 atom stereocenters. The summed E-state index contributed by atoms with van der Waals surface area (Å²) in [6, 6.07) is 10.8. The van der Waals surface area contributed by atoms with Gasteiger partial charge in [0.15, 0.2) is 0 Å². The lowest BCUT2D eigenvalue weighted by Crippen LogP contribution is -2.58. The average Bonchev–Trinajstić information content (AvgIpc) is 2.58. The maximum Gasteiger partial charge on any atom is 0.322 e. The zero-order valence-corrected chi connectivity index (χ0v) is 16.1. The van der Waals surface area contributed by atoms with Gasteiger partial charge in [-0.2, -0.15) is 0 Å². The van der Waals surface area contributed by atoms with E-state index in [2.05, 4.69) is 5.32 Å². The Morgan fingerprint density at radius 1 is 1.08 bits per heavy atom. The van der Waals surface area contributed by atoms with E-state index in [0.29, 0.717) is 39.5 Å². The second-order valence-electron chi connectivity index (χ2n) is 5.90. The number of halogens is 3. The Morgan fingerprint density at radius 2 is 1.81 bits per heavy atom. The molecule has 1 heterocycles. The number of carbonyl (C=O) groups excluding carboxylic acids is 2. The highest BCUT2D eigenvalue weighted by Crippen LogP contribution is 2.31. The lowest BCUT2D eigenvalue weighted by molar-refractivity contribution is -0.123. The van der Waals surface area contributed by atoms with E-state index in [-0.39, 0.29) is 11.9 Å². The van der Waals surface area contributed by atoms with Crippen molar-refractivity contribution >= 4 is 58.1 Å². The average molecular weight is 413 g/mol. The molecular weight excluding hydrogens is 397 g/mol. The summed E-state index contributed by atoms with van der Waals surface area (Å²) in [5, 5.41) is 4.18. The summed E-state index contributed by atoms with van der Waals surface area (Å²) in [4.78, 5) is 28.4. The van der Waals surface area contributed by atoms with Gasteiger partial charge in [-0.15, -0.1) is 0 Å². The van der Waals surface area contributed by atoms with Crippen molar-refractivity contribution in [2.24, 2.45) is 0 Å². The third kappa shape index (κ3) is 3.90. The number of hydrogen-bond donors (Lipinski definition) is 1. The van der Waals surface area contributed by atoms with Crippen LogP contribution in [0.4, 0.5) is 16.2 Å². The number of hydrogen-bond acceptors (Lipinski definition) is 2. The molecule has 136 valence electrons. The first-order valence-electron chi connectivity index (χ1n) is 7.96. The van der Waals surface area contributed by atoms with Crippen LogP contribution in [0.1, 0.15) is 6.92 Å². The second kappa shape index (κ2) is 7.74. The van der Waals surface area contributed by atoms with Crippen molar-refractivity contribution in [3.8, 4) is 0 Å². The summed E-state index contributed by atoms with van der Waals surface area (Å²) >= 11 is 18.1. The Labute approximate surface area is 166 Å². The van der Waals surface area contributed by atoms with Crippen LogP contribution in [0, 0.1) is 0 Å². The summed E-state index contributed by atoms with van der Waals surface area (Å²) in [7, 11) is 0. The third-order valence-corrected chi connectivity index (χ3v) is 4.97. The highest BCUT2D eigenvalue weighted by molar-refractivity contribution is 6.36. The van der Waals surface area contributed by atoms with Crippen LogP contribution in [0.5, 0.6) is 0 Å². The van der Waals surface area contributed by atoms with Crippen molar-refractivity contribution in [2.45, 2.75) is 13.0 Å². The molecule has 1 N–H and O–H groups in total. The fraction of sp³-hybridized carbons (Fsp3) is 0.222. The van der Waals surface area contributed by atoms with E-state index in [0.717, 1.165) is 0 Å². The van der Waals surface area contributed by atoms with Gasteiger partial charge in [-0.05, 0) is 43.3 Å². The minimum atomic E-state index is -0.630. The monoisotopic (exact) mass is 411 g/mol. The number of anilines is 2. The number of carbonyl (C=O) groups is 2. The minimum absolute atomic E-state index is 0.207. The highest BCUT2D eigenvalue weighted by atomic mass is 35.5. The van der Waals surface area contributed by atoms with Gasteiger partial charge >= 0.3 is 6.03 Å². The van der Waals surface area contributed by atoms with Crippen LogP contribution in [0.15, 0.2) is 42.5 Å². The lowest BCUT2D eigenvalue weighted by atomic mass is 10.1. The standard InChI is InChI=1S/C18H16Cl3N3O2/c1-11-17(25)24(16-6-5-13(20)10-15(16)21)8-7-23(11)18(26)22-14-4-2-3-12(19)9-14/h2-6,9-11H,7-8H2,1H3,(H,22,26)/t11-/m0/s1. The predicted molar refractivity (Wildman–Crippen MR) is 105 cm³/mol. The first-order chi connectivity index (χ1) is 12.4. The zero-order chi connectivity index (χ0) is 18.8. The summed E-state index contributed by atoms with van der Waals surface area (Å²) in [5.41, 5.74) is 1.16. The molecule has 3 amide bonds. The Hall–Kier alpha value is -1.95. The van der Waals surface area contributed by atoms with Crippen LogP contribution in [0.2, 0.25) is 15.1 Å². The molecule has 2 aromatic carbocycles. The van der Waals surface area contributed by atoms with Crippen molar-refractivity contribution in [2.75, 3.05) is 23.3 Å². The Balaban J connectivity index is 1.74. The fourth-order valence-electron chi connectivity index (χ4n) is 2.85. The van der Waals surface area contributed by atoms with Crippen LogP contribution in [-0.4, -0.2) is 36.0 Å². The van der Waals surface area contributed by atoms with Gasteiger partial charge in [0.1, 0.15) is 6.04 Å². The molecule has 1 aliphatic rings. The molecule has 26 heavy (non-hydrogen) atoms. The van der Waals surface area contributed by atoms with Crippen molar-refractivity contribution in [1.82, 2.24) is 4.90 Å². The van der Waals surface area contributed by atoms with Gasteiger partial charge in [0.25, 0.3) is 0 Å². The number of benzene rings is 2. The van der Waals surface area contributed by atoms with E-state index in [4.69, 9.17) is 34.8 Å². The number of rotatable bonds is 2. The van der Waals surface area contributed by atoms with Crippen molar-refractivity contribution < 1.29 is 9.59 Å². The number of nitrogens with one attached hydrogen (secondary N) is 1. The molecule has 0 spiro atoms. The molecular formula is C18H16Cl3N3O2. The van der Waals surface area contributed by atoms with Crippen LogP contribution in [0.3, 0.4) is 0 Å². The maximum atomic E-state index is 12.8. The number of urea groups is 1. The van der Waals surface area contributed by atoms with E-state index in [1.165, 1.54) is 4.90 Å². The molecule has 0 unspecified atom stereocenters. The molecule has 0 radical (unpaired) electrons. The van der Waals surface area contributed by atoms with E-state index in [1.54, 1.807) is 54.3 Å². The Kier molecular flexibility index (Phi) is 5.61. The molecule has 0 aliphatic carbocycles. The normalized spacial score (nSPS) is 17.4. The van der Waals surface area contributed by atoms with Crippen molar-refractivity contribution in [3.63, 3.8) is 0 Å². The summed E-state index contributed by atoms with van der Waals surface area (Å²) < 4.78 is 0. The summed E-state index contributed by atoms with van der Waals surface area (Å²) in [6.45, 7) is 2.40. The molecule has 0 aromatic heterocycles. The topological polar surface area (TPSA) is 52.7 Å². The van der Waals surface area contributed by atoms with Crippen molar-refractivity contribution in [3.05, 3.63) is 57.5 Å². The molecule has 0 saturated carbocycles. The molecule has 0 bridgehead atoms. The highest BCUT2D eigenvalue weighted by Gasteiger charge is 2.35. The molecule has 2 aromatic rings. The molecule has 8 heteroatoms. The molecule has 5 nitrogen and oxygen atoms in total. The number of piperazine rings is 1. The first kappa shape index (κ1) is 18.8. The quantitative estimate of drug-likeness (QED) is 0.761. The Morgan fingerprint density at radius 3 is 2.50 bits per heavy atom. The predicted octanol–water partition coefficient (Wildman–Crippen LogP) is 4.92. The van der Waals surface area contributed by atoms with E-state index >= 15 is 0 Å². The van der Waals surface area contributed by atoms with Crippen LogP contribution < -0.4 is 10.2 Å². The number of nitrogens with zero attached hydrogens (tertiary/aromatic N) is 2. The van der Waals surface area contributed by atoms with Gasteiger partial charge < -0.3 is 15.1 Å². The third-order valence-electron chi connectivity index (χ3n) is 4.19. The van der Waals surface area contributed by atoms with Gasteiger partial charge in [-0.3, -0.25) is 4.79 Å². The van der Waals surface area contributed by atoms with Crippen LogP contribution in [-0.2, 0) is 4.79 Å². The summed E-state index contributed by atoms with van der Waals surface area (Å²) in [5.74, 6) is -0.207. The smallest absolute Gasteiger partial charge is 0.311 e. The van der Waals surface area contributed by atoms with Gasteiger partial charge in [0.2, 0.25) is 5.91 Å². The van der Waals surface area contributed by atoms with Gasteiger partial charge in [0, 0.05) is 28.8 Å². The molecule has 3 rings (SSSR count).